The SMILES string of the molecule is O=C(N1CC=CC1)n1ccnc1. The summed E-state index contributed by atoms with van der Waals surface area (Å²) in [6, 6.07) is -0.0162. The van der Waals surface area contributed by atoms with E-state index >= 15 is 0 Å². The van der Waals surface area contributed by atoms with E-state index in [1.165, 1.54) is 10.9 Å². The van der Waals surface area contributed by atoms with Gasteiger partial charge in [0.25, 0.3) is 0 Å². The molecular weight excluding hydrogens is 154 g/mol. The summed E-state index contributed by atoms with van der Waals surface area (Å²) in [6.07, 6.45) is 8.73. The van der Waals surface area contributed by atoms with Gasteiger partial charge in [-0.15, -0.1) is 0 Å². The number of carbonyl (C=O) groups is 1. The molecule has 1 amide bonds. The van der Waals surface area contributed by atoms with Crippen LogP contribution < -0.4 is 0 Å². The summed E-state index contributed by atoms with van der Waals surface area (Å²) in [6.45, 7) is 1.41. The largest absolute Gasteiger partial charge is 0.329 e. The van der Waals surface area contributed by atoms with E-state index in [2.05, 4.69) is 4.98 Å². The molecule has 62 valence electrons. The van der Waals surface area contributed by atoms with Crippen molar-refractivity contribution in [3.05, 3.63) is 30.9 Å². The number of nitrogens with zero attached hydrogens (tertiary/aromatic N) is 3. The molecule has 0 N–H and O–H groups in total. The normalized spacial score (nSPS) is 15.5. The van der Waals surface area contributed by atoms with E-state index in [0.29, 0.717) is 13.1 Å². The molecule has 0 atom stereocenters. The quantitative estimate of drug-likeness (QED) is 0.528. The van der Waals surface area contributed by atoms with Gasteiger partial charge in [0.15, 0.2) is 0 Å². The minimum Gasteiger partial charge on any atom is -0.317 e. The minimum atomic E-state index is -0.0162. The van der Waals surface area contributed by atoms with Crippen molar-refractivity contribution in [3.63, 3.8) is 0 Å². The zero-order chi connectivity index (χ0) is 8.39. The number of rotatable bonds is 0. The van der Waals surface area contributed by atoms with Crippen LogP contribution in [0.25, 0.3) is 0 Å². The molecule has 0 radical (unpaired) electrons. The Morgan fingerprint density at radius 1 is 1.33 bits per heavy atom. The summed E-state index contributed by atoms with van der Waals surface area (Å²) in [5.74, 6) is 0. The maximum Gasteiger partial charge on any atom is 0.329 e. The molecule has 1 aliphatic rings. The zero-order valence-corrected chi connectivity index (χ0v) is 6.55. The molecule has 0 bridgehead atoms. The monoisotopic (exact) mass is 163 g/mol. The van der Waals surface area contributed by atoms with Crippen molar-refractivity contribution in [2.24, 2.45) is 0 Å². The molecule has 1 aromatic heterocycles. The molecule has 1 aliphatic heterocycles. The second-order valence-electron chi connectivity index (χ2n) is 2.63. The van der Waals surface area contributed by atoms with Gasteiger partial charge in [-0.25, -0.2) is 9.78 Å². The Hall–Kier alpha value is -1.58. The number of hydrogen-bond acceptors (Lipinski definition) is 2. The predicted molar refractivity (Wildman–Crippen MR) is 43.7 cm³/mol. The molecule has 0 saturated heterocycles. The Labute approximate surface area is 70.1 Å². The molecule has 2 rings (SSSR count). The van der Waals surface area contributed by atoms with Crippen LogP contribution in [0.2, 0.25) is 0 Å². The van der Waals surface area contributed by atoms with E-state index in [4.69, 9.17) is 0 Å². The highest BCUT2D eigenvalue weighted by Crippen LogP contribution is 2.02. The van der Waals surface area contributed by atoms with E-state index in [1.54, 1.807) is 17.3 Å². The maximum atomic E-state index is 11.5. The van der Waals surface area contributed by atoms with Gasteiger partial charge in [0.1, 0.15) is 6.33 Å². The molecule has 1 aromatic rings. The Morgan fingerprint density at radius 2 is 2.08 bits per heavy atom. The standard InChI is InChI=1S/C8H9N3O/c12-8(10-4-1-2-5-10)11-6-3-9-7-11/h1-3,6-7H,4-5H2. The molecule has 4 heteroatoms. The van der Waals surface area contributed by atoms with Crippen LogP contribution >= 0.6 is 0 Å². The summed E-state index contributed by atoms with van der Waals surface area (Å²) in [5.41, 5.74) is 0. The fourth-order valence-corrected chi connectivity index (χ4v) is 1.17. The summed E-state index contributed by atoms with van der Waals surface area (Å²) >= 11 is 0. The zero-order valence-electron chi connectivity index (χ0n) is 6.55. The Kier molecular flexibility index (Phi) is 1.66. The van der Waals surface area contributed by atoms with E-state index in [9.17, 15) is 4.79 Å². The van der Waals surface area contributed by atoms with Gasteiger partial charge >= 0.3 is 6.03 Å². The first-order valence-electron chi connectivity index (χ1n) is 3.80. The van der Waals surface area contributed by atoms with Crippen LogP contribution in [0, 0.1) is 0 Å². The summed E-state index contributed by atoms with van der Waals surface area (Å²) in [5, 5.41) is 0. The second kappa shape index (κ2) is 2.81. The maximum absolute atomic E-state index is 11.5. The minimum absolute atomic E-state index is 0.0162. The lowest BCUT2D eigenvalue weighted by molar-refractivity contribution is 0.212. The number of amides is 1. The molecule has 0 fully saturated rings. The molecule has 0 aromatic carbocycles. The van der Waals surface area contributed by atoms with Crippen LogP contribution in [0.1, 0.15) is 0 Å². The van der Waals surface area contributed by atoms with Gasteiger partial charge in [-0.3, -0.25) is 4.57 Å². The summed E-state index contributed by atoms with van der Waals surface area (Å²) in [7, 11) is 0. The van der Waals surface area contributed by atoms with Crippen LogP contribution in [0.5, 0.6) is 0 Å². The molecule has 4 nitrogen and oxygen atoms in total. The van der Waals surface area contributed by atoms with Crippen LogP contribution in [0.4, 0.5) is 4.79 Å². The van der Waals surface area contributed by atoms with Crippen molar-refractivity contribution in [2.45, 2.75) is 0 Å². The van der Waals surface area contributed by atoms with Crippen LogP contribution in [0.15, 0.2) is 30.9 Å². The third-order valence-corrected chi connectivity index (χ3v) is 1.81. The summed E-state index contributed by atoms with van der Waals surface area (Å²) < 4.78 is 1.48. The number of carbonyl (C=O) groups excluding carboxylic acids is 1. The van der Waals surface area contributed by atoms with Gasteiger partial charge < -0.3 is 4.90 Å². The lowest BCUT2D eigenvalue weighted by Gasteiger charge is -2.14. The number of hydrogen-bond donors (Lipinski definition) is 0. The van der Waals surface area contributed by atoms with Gasteiger partial charge in [0.05, 0.1) is 0 Å². The highest BCUT2D eigenvalue weighted by molar-refractivity contribution is 5.77. The fraction of sp³-hybridized carbons (Fsp3) is 0.250. The van der Waals surface area contributed by atoms with Gasteiger partial charge in [-0.2, -0.15) is 0 Å². The lowest BCUT2D eigenvalue weighted by Crippen LogP contribution is -2.31. The Bertz CT molecular complexity index is 294. The van der Waals surface area contributed by atoms with Crippen molar-refractivity contribution in [1.82, 2.24) is 14.5 Å². The van der Waals surface area contributed by atoms with Crippen molar-refractivity contribution in [3.8, 4) is 0 Å². The van der Waals surface area contributed by atoms with Gasteiger partial charge in [-0.1, -0.05) is 12.2 Å². The molecule has 0 spiro atoms. The highest BCUT2D eigenvalue weighted by Gasteiger charge is 2.14. The average molecular weight is 163 g/mol. The predicted octanol–water partition coefficient (Wildman–Crippen LogP) is 0.723. The van der Waals surface area contributed by atoms with Crippen LogP contribution in [0.3, 0.4) is 0 Å². The fourth-order valence-electron chi connectivity index (χ4n) is 1.17. The Morgan fingerprint density at radius 3 is 2.67 bits per heavy atom. The first-order chi connectivity index (χ1) is 5.88. The number of aromatic nitrogens is 2. The van der Waals surface area contributed by atoms with Gasteiger partial charge in [0.2, 0.25) is 0 Å². The first-order valence-corrected chi connectivity index (χ1v) is 3.80. The van der Waals surface area contributed by atoms with Crippen molar-refractivity contribution >= 4 is 6.03 Å². The van der Waals surface area contributed by atoms with Crippen molar-refractivity contribution in [1.29, 1.82) is 0 Å². The number of imidazole rings is 1. The van der Waals surface area contributed by atoms with Crippen LogP contribution in [-0.2, 0) is 0 Å². The molecular formula is C8H9N3O. The smallest absolute Gasteiger partial charge is 0.317 e. The van der Waals surface area contributed by atoms with E-state index in [0.717, 1.165) is 0 Å². The van der Waals surface area contributed by atoms with Crippen molar-refractivity contribution in [2.75, 3.05) is 13.1 Å². The van der Waals surface area contributed by atoms with E-state index < -0.39 is 0 Å². The van der Waals surface area contributed by atoms with E-state index in [-0.39, 0.29) is 6.03 Å². The first kappa shape index (κ1) is 7.09. The van der Waals surface area contributed by atoms with Crippen LogP contribution in [-0.4, -0.2) is 33.6 Å². The molecule has 2 heterocycles. The molecule has 0 aliphatic carbocycles. The summed E-state index contributed by atoms with van der Waals surface area (Å²) in [4.78, 5) is 17.1. The molecule has 0 unspecified atom stereocenters. The third kappa shape index (κ3) is 1.11. The molecule has 0 saturated carbocycles. The van der Waals surface area contributed by atoms with Crippen molar-refractivity contribution < 1.29 is 4.79 Å². The topological polar surface area (TPSA) is 38.1 Å². The van der Waals surface area contributed by atoms with Gasteiger partial charge in [-0.05, 0) is 0 Å². The van der Waals surface area contributed by atoms with E-state index in [1.807, 2.05) is 12.2 Å². The average Bonchev–Trinajstić information content (AvgIpc) is 2.77. The Balaban J connectivity index is 2.11. The van der Waals surface area contributed by atoms with Gasteiger partial charge in [0, 0.05) is 25.5 Å². The lowest BCUT2D eigenvalue weighted by atomic mass is 10.6. The third-order valence-electron chi connectivity index (χ3n) is 1.81. The second-order valence-corrected chi connectivity index (χ2v) is 2.63. The highest BCUT2D eigenvalue weighted by atomic mass is 16.2. The molecule has 12 heavy (non-hydrogen) atoms.